The molecule has 0 aliphatic carbocycles. The van der Waals surface area contributed by atoms with Crippen LogP contribution in [0.5, 0.6) is 17.5 Å². The fraction of sp³-hybridized carbons (Fsp3) is 0.447. The first-order chi connectivity index (χ1) is 24.4. The van der Waals surface area contributed by atoms with Crippen molar-refractivity contribution >= 4 is 17.9 Å². The second-order valence-electron chi connectivity index (χ2n) is 12.3. The highest BCUT2D eigenvalue weighted by molar-refractivity contribution is 5.92. The number of allylic oxidation sites excluding steroid dienone is 2. The smallest absolute Gasteiger partial charge is 0.468 e. The quantitative estimate of drug-likeness (QED) is 0.178. The van der Waals surface area contributed by atoms with E-state index in [2.05, 4.69) is 27.4 Å². The van der Waals surface area contributed by atoms with Crippen molar-refractivity contribution in [3.8, 4) is 28.9 Å². The van der Waals surface area contributed by atoms with Crippen LogP contribution in [-0.4, -0.2) is 84.9 Å². The van der Waals surface area contributed by atoms with Gasteiger partial charge in [0.05, 0.1) is 39.9 Å². The molecule has 3 unspecified atom stereocenters. The predicted octanol–water partition coefficient (Wildman–Crippen LogP) is 5.40. The number of nitrogens with one attached hydrogen (secondary N) is 1. The highest BCUT2D eigenvalue weighted by Crippen LogP contribution is 2.27. The Morgan fingerprint density at radius 1 is 0.940 bits per heavy atom. The Morgan fingerprint density at radius 3 is 2.44 bits per heavy atom. The molecule has 3 amide bonds. The first-order valence-corrected chi connectivity index (χ1v) is 17.3. The number of hydrogen-bond donors (Lipinski definition) is 1. The van der Waals surface area contributed by atoms with E-state index in [4.69, 9.17) is 18.9 Å². The van der Waals surface area contributed by atoms with E-state index in [0.29, 0.717) is 37.6 Å². The van der Waals surface area contributed by atoms with Gasteiger partial charge >= 0.3 is 12.0 Å². The summed E-state index contributed by atoms with van der Waals surface area (Å²) in [5, 5.41) is 2.91. The largest absolute Gasteiger partial charge is 0.497 e. The van der Waals surface area contributed by atoms with Gasteiger partial charge in [0.25, 0.3) is 5.91 Å². The number of ether oxygens (including phenoxy) is 4. The van der Waals surface area contributed by atoms with Gasteiger partial charge in [0.15, 0.2) is 18.5 Å². The van der Waals surface area contributed by atoms with Crippen LogP contribution in [0.25, 0.3) is 11.4 Å². The van der Waals surface area contributed by atoms with Gasteiger partial charge in [-0.05, 0) is 56.7 Å². The van der Waals surface area contributed by atoms with E-state index >= 15 is 0 Å². The van der Waals surface area contributed by atoms with E-state index in [0.717, 1.165) is 42.6 Å². The van der Waals surface area contributed by atoms with E-state index < -0.39 is 30.1 Å². The molecule has 1 fully saturated rings. The zero-order valence-electron chi connectivity index (χ0n) is 29.1. The third-order valence-electron chi connectivity index (χ3n) is 8.80. The zero-order chi connectivity index (χ0) is 35.3. The minimum atomic E-state index is -0.899. The molecule has 12 heteroatoms. The number of carbonyl (C=O) groups is 3. The lowest BCUT2D eigenvalue weighted by Gasteiger charge is -2.24. The summed E-state index contributed by atoms with van der Waals surface area (Å²) in [6.07, 6.45) is 8.40. The fourth-order valence-electron chi connectivity index (χ4n) is 6.17. The lowest BCUT2D eigenvalue weighted by molar-refractivity contribution is -0.147. The number of nitrogens with zero attached hydrogens (tertiary/aromatic N) is 4. The minimum absolute atomic E-state index is 0.135. The average Bonchev–Trinajstić information content (AvgIpc) is 3.56. The van der Waals surface area contributed by atoms with E-state index in [1.165, 1.54) is 7.11 Å². The molecule has 1 N–H and O–H groups in total. The molecule has 12 nitrogen and oxygen atoms in total. The maximum Gasteiger partial charge on any atom is 0.468 e. The molecule has 0 bridgehead atoms. The summed E-state index contributed by atoms with van der Waals surface area (Å²) in [5.74, 6) is 0.803. The SMILES string of the molecule is CCOC(=O)C1CCC=CCCCCCN(Cc2ccc(OC)cc2)C(=O)[N+]2CC(Oc3cc(OC)nc(-c4ccccc4)n3)CC2C(=O)N1. The summed E-state index contributed by atoms with van der Waals surface area (Å²) in [6.45, 7) is 2.93. The molecule has 3 aromatic rings. The number of carbonyl (C=O) groups excluding carboxylic acids is 3. The lowest BCUT2D eigenvalue weighted by atomic mass is 10.1. The van der Waals surface area contributed by atoms with Crippen molar-refractivity contribution in [3.63, 3.8) is 0 Å². The van der Waals surface area contributed by atoms with Crippen LogP contribution in [0.1, 0.15) is 57.4 Å². The van der Waals surface area contributed by atoms with Gasteiger partial charge in [0.1, 0.15) is 11.8 Å². The molecule has 3 atom stereocenters. The molecular formula is C38H47N5O7+. The molecule has 0 saturated carbocycles. The second kappa shape index (κ2) is 18.1. The van der Waals surface area contributed by atoms with Crippen molar-refractivity contribution in [2.24, 2.45) is 0 Å². The summed E-state index contributed by atoms with van der Waals surface area (Å²) in [6, 6.07) is 16.6. The lowest BCUT2D eigenvalue weighted by Crippen LogP contribution is -2.56. The molecule has 265 valence electrons. The highest BCUT2D eigenvalue weighted by Gasteiger charge is 2.53. The molecule has 2 aliphatic rings. The Morgan fingerprint density at radius 2 is 1.70 bits per heavy atom. The standard InChI is InChI=1S/C38H47N5O7/c1-4-49-37(45)31-17-13-8-6-5-7-9-14-22-42(25-27-18-20-29(47-2)21-19-27)38(46)43-26-30(23-32(43)36(44)39-31)50-34-24-33(48-3)40-35(41-34)28-15-11-10-12-16-28/h6,8,10-12,15-16,18-21,24,30-32H,4-5,7,9,13-14,17,22-23,25-26H2,1-3H3,(H,39,44)/q+1. The Labute approximate surface area is 293 Å². The molecule has 1 aromatic heterocycles. The molecule has 5 rings (SSSR count). The Balaban J connectivity index is 1.45. The Hall–Kier alpha value is -4.97. The van der Waals surface area contributed by atoms with Crippen LogP contribution < -0.4 is 24.4 Å². The van der Waals surface area contributed by atoms with Crippen molar-refractivity contribution < 1.29 is 33.3 Å². The monoisotopic (exact) mass is 685 g/mol. The minimum Gasteiger partial charge on any atom is -0.497 e. The van der Waals surface area contributed by atoms with E-state index in [1.54, 1.807) is 29.9 Å². The molecule has 2 aliphatic heterocycles. The summed E-state index contributed by atoms with van der Waals surface area (Å²) in [4.78, 5) is 54.0. The van der Waals surface area contributed by atoms with Crippen LogP contribution in [0, 0.1) is 0 Å². The first kappa shape index (κ1) is 36.3. The second-order valence-corrected chi connectivity index (χ2v) is 12.3. The van der Waals surface area contributed by atoms with Crippen LogP contribution in [-0.2, 0) is 20.9 Å². The third-order valence-corrected chi connectivity index (χ3v) is 8.80. The number of hydrogen-bond acceptors (Lipinski definition) is 9. The molecule has 50 heavy (non-hydrogen) atoms. The number of methoxy groups -OCH3 is 2. The summed E-state index contributed by atoms with van der Waals surface area (Å²) in [7, 11) is 3.13. The fourth-order valence-corrected chi connectivity index (χ4v) is 6.17. The highest BCUT2D eigenvalue weighted by atomic mass is 16.5. The maximum absolute atomic E-state index is 14.5. The summed E-state index contributed by atoms with van der Waals surface area (Å²) in [5.41, 5.74) is 1.73. The van der Waals surface area contributed by atoms with Gasteiger partial charge in [-0.2, -0.15) is 9.97 Å². The topological polar surface area (TPSA) is 135 Å². The van der Waals surface area contributed by atoms with Gasteiger partial charge < -0.3 is 24.3 Å². The summed E-state index contributed by atoms with van der Waals surface area (Å²) >= 11 is 0. The van der Waals surface area contributed by atoms with Crippen molar-refractivity contribution in [1.29, 1.82) is 0 Å². The van der Waals surface area contributed by atoms with E-state index in [9.17, 15) is 14.4 Å². The first-order valence-electron chi connectivity index (χ1n) is 17.3. The third kappa shape index (κ3) is 9.81. The molecule has 1 radical (unpaired) electrons. The molecular weight excluding hydrogens is 638 g/mol. The van der Waals surface area contributed by atoms with Gasteiger partial charge in [-0.3, -0.25) is 9.69 Å². The molecule has 3 heterocycles. The van der Waals surface area contributed by atoms with Gasteiger partial charge in [0.2, 0.25) is 17.8 Å². The number of urea groups is 1. The number of esters is 1. The number of aromatic nitrogens is 2. The van der Waals surface area contributed by atoms with Crippen LogP contribution in [0.15, 0.2) is 72.8 Å². The van der Waals surface area contributed by atoms with Crippen LogP contribution in [0.4, 0.5) is 4.79 Å². The van der Waals surface area contributed by atoms with Gasteiger partial charge in [-0.25, -0.2) is 9.59 Å². The van der Waals surface area contributed by atoms with Crippen LogP contribution in [0.2, 0.25) is 0 Å². The molecule has 1 saturated heterocycles. The predicted molar refractivity (Wildman–Crippen MR) is 188 cm³/mol. The molecule has 2 aromatic carbocycles. The van der Waals surface area contributed by atoms with Crippen molar-refractivity contribution in [1.82, 2.24) is 25.1 Å². The van der Waals surface area contributed by atoms with Gasteiger partial charge in [-0.1, -0.05) is 65.9 Å². The zero-order valence-corrected chi connectivity index (χ0v) is 29.1. The maximum atomic E-state index is 14.5. The van der Waals surface area contributed by atoms with Crippen molar-refractivity contribution in [2.45, 2.75) is 76.6 Å². The Kier molecular flexibility index (Phi) is 13.2. The summed E-state index contributed by atoms with van der Waals surface area (Å²) < 4.78 is 22.5. The number of fused-ring (bicyclic) bond motifs is 1. The van der Waals surface area contributed by atoms with Gasteiger partial charge in [0, 0.05) is 12.1 Å². The van der Waals surface area contributed by atoms with Gasteiger partial charge in [-0.15, -0.1) is 0 Å². The van der Waals surface area contributed by atoms with E-state index in [-0.39, 0.29) is 31.5 Å². The van der Waals surface area contributed by atoms with Crippen LogP contribution in [0.3, 0.4) is 0 Å². The number of amides is 3. The van der Waals surface area contributed by atoms with E-state index in [1.807, 2.05) is 54.6 Å². The van der Waals surface area contributed by atoms with Crippen molar-refractivity contribution in [2.75, 3.05) is 33.9 Å². The normalized spacial score (nSPS) is 20.9. The average molecular weight is 686 g/mol. The number of rotatable bonds is 9. The van der Waals surface area contributed by atoms with Crippen molar-refractivity contribution in [3.05, 3.63) is 78.4 Å². The van der Waals surface area contributed by atoms with Crippen LogP contribution >= 0.6 is 0 Å². The molecule has 0 spiro atoms. The number of benzene rings is 2. The Bertz CT molecular complexity index is 1600.